The molecule has 10 nitrogen and oxygen atoms in total. The van der Waals surface area contributed by atoms with Crippen LogP contribution in [0.5, 0.6) is 0 Å². The van der Waals surface area contributed by atoms with Crippen LogP contribution in [0.1, 0.15) is 42.3 Å². The predicted octanol–water partition coefficient (Wildman–Crippen LogP) is 2.54. The zero-order valence-electron chi connectivity index (χ0n) is 20.8. The average molecular weight is 528 g/mol. The normalized spacial score (nSPS) is 14.7. The first kappa shape index (κ1) is 26.4. The fraction of sp³-hybridized carbons (Fsp3) is 0.360. The largest absolute Gasteiger partial charge is 0.374 e. The number of nitrogens with one attached hydrogen (secondary N) is 1. The van der Waals surface area contributed by atoms with Crippen molar-refractivity contribution in [2.24, 2.45) is 7.05 Å². The standard InChI is InChI=1S/C25H26FN5O5S/c1-15(2)19-8-17(26)9-20(16-5-6-28-18(7-16)12-27)21(19)10-23(32)30-37(33,34)24-11-22(31(3)29-24)25(35-4)13-36-14-25/h5-9,11,15H,10,13-14H2,1-4H3,(H,30,32). The summed E-state index contributed by atoms with van der Waals surface area (Å²) < 4.78 is 54.9. The summed E-state index contributed by atoms with van der Waals surface area (Å²) in [6.07, 6.45) is 1.07. The Hall–Kier alpha value is -3.66. The molecule has 3 heterocycles. The zero-order valence-corrected chi connectivity index (χ0v) is 21.6. The molecule has 0 unspecified atom stereocenters. The molecular weight excluding hydrogens is 501 g/mol. The van der Waals surface area contributed by atoms with Gasteiger partial charge in [0.2, 0.25) is 5.91 Å². The van der Waals surface area contributed by atoms with E-state index in [2.05, 4.69) is 14.8 Å². The van der Waals surface area contributed by atoms with Gasteiger partial charge in [0.05, 0.1) is 25.3 Å². The van der Waals surface area contributed by atoms with Crippen LogP contribution >= 0.6 is 0 Å². The van der Waals surface area contributed by atoms with E-state index in [1.807, 2.05) is 19.9 Å². The topological polar surface area (TPSA) is 136 Å². The number of halogens is 1. The number of nitrogens with zero attached hydrogens (tertiary/aromatic N) is 4. The van der Waals surface area contributed by atoms with Gasteiger partial charge in [-0.15, -0.1) is 0 Å². The average Bonchev–Trinajstić information content (AvgIpc) is 3.22. The minimum absolute atomic E-state index is 0.127. The highest BCUT2D eigenvalue weighted by molar-refractivity contribution is 7.90. The van der Waals surface area contributed by atoms with Crippen LogP contribution in [0, 0.1) is 17.1 Å². The number of methoxy groups -OCH3 is 1. The lowest BCUT2D eigenvalue weighted by Gasteiger charge is -2.39. The zero-order chi connectivity index (χ0) is 27.0. The Labute approximate surface area is 214 Å². The van der Waals surface area contributed by atoms with E-state index in [-0.39, 0.29) is 36.3 Å². The molecule has 1 saturated heterocycles. The fourth-order valence-corrected chi connectivity index (χ4v) is 5.32. The summed E-state index contributed by atoms with van der Waals surface area (Å²) in [7, 11) is -1.24. The predicted molar refractivity (Wildman–Crippen MR) is 130 cm³/mol. The number of carbonyl (C=O) groups is 1. The maximum absolute atomic E-state index is 14.6. The number of pyridine rings is 1. The van der Waals surface area contributed by atoms with Gasteiger partial charge in [-0.2, -0.15) is 18.8 Å². The number of amides is 1. The second-order valence-electron chi connectivity index (χ2n) is 9.11. The van der Waals surface area contributed by atoms with Crippen LogP contribution in [-0.4, -0.2) is 49.4 Å². The minimum atomic E-state index is -4.32. The first-order valence-electron chi connectivity index (χ1n) is 11.4. The maximum atomic E-state index is 14.6. The van der Waals surface area contributed by atoms with Gasteiger partial charge >= 0.3 is 0 Å². The first-order valence-corrected chi connectivity index (χ1v) is 12.9. The molecule has 1 aliphatic rings. The van der Waals surface area contributed by atoms with Crippen LogP contribution in [-0.2, 0) is 43.4 Å². The highest BCUT2D eigenvalue weighted by Crippen LogP contribution is 2.34. The van der Waals surface area contributed by atoms with Gasteiger partial charge in [-0.25, -0.2) is 14.1 Å². The highest BCUT2D eigenvalue weighted by atomic mass is 32.2. The SMILES string of the molecule is COC1(c2cc(S(=O)(=O)NC(=O)Cc3c(-c4ccnc(C#N)c4)cc(F)cc3C(C)C)nn2C)COC1. The van der Waals surface area contributed by atoms with E-state index >= 15 is 0 Å². The van der Waals surface area contributed by atoms with Gasteiger partial charge in [-0.1, -0.05) is 13.8 Å². The molecule has 1 aromatic carbocycles. The Morgan fingerprint density at radius 2 is 2.05 bits per heavy atom. The number of hydrogen-bond acceptors (Lipinski definition) is 8. The van der Waals surface area contributed by atoms with Gasteiger partial charge in [-0.05, 0) is 52.4 Å². The van der Waals surface area contributed by atoms with Crippen molar-refractivity contribution in [2.75, 3.05) is 20.3 Å². The molecular formula is C25H26FN5O5S. The van der Waals surface area contributed by atoms with Crippen LogP contribution in [0.15, 0.2) is 41.6 Å². The van der Waals surface area contributed by atoms with Crippen molar-refractivity contribution in [3.63, 3.8) is 0 Å². The van der Waals surface area contributed by atoms with E-state index in [4.69, 9.17) is 9.47 Å². The summed E-state index contributed by atoms with van der Waals surface area (Å²) in [5.41, 5.74) is 1.69. The third kappa shape index (κ3) is 5.11. The number of rotatable bonds is 8. The van der Waals surface area contributed by atoms with Crippen molar-refractivity contribution in [2.45, 2.75) is 36.8 Å². The van der Waals surface area contributed by atoms with Crippen LogP contribution < -0.4 is 4.72 Å². The second kappa shape index (κ2) is 10.0. The van der Waals surface area contributed by atoms with Crippen molar-refractivity contribution in [1.82, 2.24) is 19.5 Å². The summed E-state index contributed by atoms with van der Waals surface area (Å²) in [4.78, 5) is 17.0. The first-order chi connectivity index (χ1) is 17.5. The van der Waals surface area contributed by atoms with Gasteiger partial charge in [0.15, 0.2) is 10.6 Å². The number of nitriles is 1. The summed E-state index contributed by atoms with van der Waals surface area (Å²) in [6.45, 7) is 4.19. The Bertz CT molecular complexity index is 1500. The fourth-order valence-electron chi connectivity index (χ4n) is 4.34. The summed E-state index contributed by atoms with van der Waals surface area (Å²) in [5.74, 6) is -1.50. The van der Waals surface area contributed by atoms with E-state index in [1.165, 1.54) is 42.3 Å². The van der Waals surface area contributed by atoms with Crippen LogP contribution in [0.25, 0.3) is 11.1 Å². The van der Waals surface area contributed by atoms with E-state index < -0.39 is 27.3 Å². The molecule has 2 aromatic heterocycles. The van der Waals surface area contributed by atoms with Gasteiger partial charge in [-0.3, -0.25) is 9.48 Å². The number of aryl methyl sites for hydroxylation is 1. The molecule has 0 atom stereocenters. The summed E-state index contributed by atoms with van der Waals surface area (Å²) in [5, 5.41) is 13.0. The molecule has 1 fully saturated rings. The number of hydrogen-bond donors (Lipinski definition) is 1. The third-order valence-electron chi connectivity index (χ3n) is 6.30. The van der Waals surface area contributed by atoms with Gasteiger partial charge in [0.1, 0.15) is 17.6 Å². The molecule has 12 heteroatoms. The molecule has 4 rings (SSSR count). The van der Waals surface area contributed by atoms with E-state index in [1.54, 1.807) is 13.1 Å². The number of carbonyl (C=O) groups excluding carboxylic acids is 1. The molecule has 1 amide bonds. The van der Waals surface area contributed by atoms with Crippen molar-refractivity contribution in [3.8, 4) is 17.2 Å². The van der Waals surface area contributed by atoms with Crippen LogP contribution in [0.2, 0.25) is 0 Å². The Morgan fingerprint density at radius 3 is 2.65 bits per heavy atom. The number of aromatic nitrogens is 3. The molecule has 1 N–H and O–H groups in total. The number of benzene rings is 1. The molecule has 0 bridgehead atoms. The molecule has 194 valence electrons. The van der Waals surface area contributed by atoms with Gasteiger partial charge < -0.3 is 9.47 Å². The van der Waals surface area contributed by atoms with Crippen molar-refractivity contribution in [1.29, 1.82) is 5.26 Å². The Morgan fingerprint density at radius 1 is 1.32 bits per heavy atom. The molecule has 0 saturated carbocycles. The monoisotopic (exact) mass is 527 g/mol. The van der Waals surface area contributed by atoms with Crippen molar-refractivity contribution >= 4 is 15.9 Å². The van der Waals surface area contributed by atoms with E-state index in [9.17, 15) is 22.9 Å². The Balaban J connectivity index is 1.67. The van der Waals surface area contributed by atoms with Gasteiger partial charge in [0, 0.05) is 26.4 Å². The minimum Gasteiger partial charge on any atom is -0.374 e. The molecule has 3 aromatic rings. The number of ether oxygens (including phenoxy) is 2. The van der Waals surface area contributed by atoms with E-state index in [0.717, 1.165) is 0 Å². The van der Waals surface area contributed by atoms with Gasteiger partial charge in [0.25, 0.3) is 10.0 Å². The summed E-state index contributed by atoms with van der Waals surface area (Å²) in [6, 6.07) is 8.97. The third-order valence-corrected chi connectivity index (χ3v) is 7.55. The van der Waals surface area contributed by atoms with Crippen molar-refractivity contribution in [3.05, 3.63) is 64.9 Å². The molecule has 0 aliphatic carbocycles. The number of sulfonamides is 1. The lowest BCUT2D eigenvalue weighted by Crippen LogP contribution is -2.49. The maximum Gasteiger partial charge on any atom is 0.283 e. The molecule has 1 aliphatic heterocycles. The smallest absolute Gasteiger partial charge is 0.283 e. The van der Waals surface area contributed by atoms with E-state index in [0.29, 0.717) is 27.9 Å². The highest BCUT2D eigenvalue weighted by Gasteiger charge is 2.44. The lowest BCUT2D eigenvalue weighted by molar-refractivity contribution is -0.206. The second-order valence-corrected chi connectivity index (χ2v) is 10.7. The van der Waals surface area contributed by atoms with Crippen LogP contribution in [0.3, 0.4) is 0 Å². The molecule has 0 spiro atoms. The Kier molecular flexibility index (Phi) is 7.14. The van der Waals surface area contributed by atoms with Crippen LogP contribution in [0.4, 0.5) is 4.39 Å². The van der Waals surface area contributed by atoms with Crippen molar-refractivity contribution < 1.29 is 27.1 Å². The molecule has 0 radical (unpaired) electrons. The lowest BCUT2D eigenvalue weighted by atomic mass is 9.88. The summed E-state index contributed by atoms with van der Waals surface area (Å²) >= 11 is 0. The quantitative estimate of drug-likeness (QED) is 0.472. The molecule has 37 heavy (non-hydrogen) atoms.